The minimum Gasteiger partial charge on any atom is -0.444 e. The number of ether oxygens (including phenoxy) is 1. The van der Waals surface area contributed by atoms with E-state index in [4.69, 9.17) is 9.15 Å². The maximum atomic E-state index is 12.7. The van der Waals surface area contributed by atoms with E-state index in [2.05, 4.69) is 26.0 Å². The van der Waals surface area contributed by atoms with Gasteiger partial charge in [-0.2, -0.15) is 0 Å². The average Bonchev–Trinajstić information content (AvgIpc) is 2.98. The molecule has 1 aliphatic heterocycles. The number of hydrogen-bond donors (Lipinski definition) is 0. The fourth-order valence-electron chi connectivity index (χ4n) is 3.05. The summed E-state index contributed by atoms with van der Waals surface area (Å²) >= 11 is 1.56. The van der Waals surface area contributed by atoms with Gasteiger partial charge in [0.2, 0.25) is 0 Å². The first-order chi connectivity index (χ1) is 11.4. The number of morpholine rings is 1. The molecular weight excluding hydrogens is 322 g/mol. The van der Waals surface area contributed by atoms with Gasteiger partial charge in [0.1, 0.15) is 0 Å². The normalized spacial score (nSPS) is 21.1. The Hall–Kier alpha value is -1.72. The summed E-state index contributed by atoms with van der Waals surface area (Å²) in [5, 5.41) is 0.741. The number of carbonyl (C=O) groups is 1. The van der Waals surface area contributed by atoms with Crippen LogP contribution in [0.3, 0.4) is 0 Å². The second-order valence-corrected chi connectivity index (χ2v) is 7.42. The van der Waals surface area contributed by atoms with Crippen molar-refractivity contribution in [1.82, 2.24) is 4.90 Å². The van der Waals surface area contributed by atoms with E-state index in [1.165, 1.54) is 16.0 Å². The van der Waals surface area contributed by atoms with Gasteiger partial charge in [-0.25, -0.2) is 0 Å². The number of benzene rings is 1. The number of amides is 1. The van der Waals surface area contributed by atoms with Crippen LogP contribution in [0.1, 0.15) is 35.5 Å². The van der Waals surface area contributed by atoms with Gasteiger partial charge in [-0.1, -0.05) is 30.0 Å². The molecule has 4 nitrogen and oxygen atoms in total. The molecule has 1 aromatic heterocycles. The van der Waals surface area contributed by atoms with Gasteiger partial charge in [-0.05, 0) is 51.0 Å². The Kier molecular flexibility index (Phi) is 5.01. The van der Waals surface area contributed by atoms with Gasteiger partial charge in [0, 0.05) is 18.0 Å². The number of rotatable bonds is 3. The number of carbonyl (C=O) groups excluding carboxylic acids is 1. The Morgan fingerprint density at radius 2 is 1.71 bits per heavy atom. The highest BCUT2D eigenvalue weighted by Crippen LogP contribution is 2.34. The van der Waals surface area contributed by atoms with E-state index in [0.29, 0.717) is 18.8 Å². The molecule has 2 atom stereocenters. The lowest BCUT2D eigenvalue weighted by molar-refractivity contribution is -0.0593. The lowest BCUT2D eigenvalue weighted by atomic mass is 10.2. The van der Waals surface area contributed by atoms with E-state index in [0.717, 1.165) is 5.09 Å². The van der Waals surface area contributed by atoms with E-state index < -0.39 is 0 Å². The smallest absolute Gasteiger partial charge is 0.289 e. The first-order valence-electron chi connectivity index (χ1n) is 8.22. The fourth-order valence-corrected chi connectivity index (χ4v) is 3.98. The Labute approximate surface area is 147 Å². The molecule has 0 saturated carbocycles. The number of furan rings is 1. The van der Waals surface area contributed by atoms with E-state index in [-0.39, 0.29) is 18.1 Å². The molecule has 128 valence electrons. The lowest BCUT2D eigenvalue weighted by Crippen LogP contribution is -2.48. The van der Waals surface area contributed by atoms with Crippen molar-refractivity contribution in [2.24, 2.45) is 0 Å². The van der Waals surface area contributed by atoms with E-state index in [1.807, 2.05) is 30.9 Å². The second kappa shape index (κ2) is 7.03. The van der Waals surface area contributed by atoms with Crippen molar-refractivity contribution in [1.29, 1.82) is 0 Å². The Morgan fingerprint density at radius 3 is 2.33 bits per heavy atom. The van der Waals surface area contributed by atoms with Gasteiger partial charge in [0.25, 0.3) is 5.91 Å². The molecule has 1 saturated heterocycles. The quantitative estimate of drug-likeness (QED) is 0.832. The molecule has 2 heterocycles. The van der Waals surface area contributed by atoms with Gasteiger partial charge in [-0.3, -0.25) is 4.79 Å². The summed E-state index contributed by atoms with van der Waals surface area (Å²) in [5.41, 5.74) is 2.42. The minimum atomic E-state index is -0.0645. The van der Waals surface area contributed by atoms with E-state index >= 15 is 0 Å². The predicted octanol–water partition coefficient (Wildman–Crippen LogP) is 4.30. The van der Waals surface area contributed by atoms with Crippen molar-refractivity contribution in [3.8, 4) is 0 Å². The van der Waals surface area contributed by atoms with Crippen LogP contribution in [0.5, 0.6) is 0 Å². The summed E-state index contributed by atoms with van der Waals surface area (Å²) in [4.78, 5) is 15.6. The highest BCUT2D eigenvalue weighted by molar-refractivity contribution is 7.99. The number of nitrogens with zero attached hydrogens (tertiary/aromatic N) is 1. The summed E-state index contributed by atoms with van der Waals surface area (Å²) in [6, 6.07) is 9.86. The van der Waals surface area contributed by atoms with Crippen LogP contribution in [0, 0.1) is 13.8 Å². The molecule has 0 spiro atoms. The summed E-state index contributed by atoms with van der Waals surface area (Å²) < 4.78 is 11.5. The van der Waals surface area contributed by atoms with Crippen LogP contribution in [0.2, 0.25) is 0 Å². The Morgan fingerprint density at radius 1 is 1.08 bits per heavy atom. The zero-order valence-corrected chi connectivity index (χ0v) is 15.4. The molecule has 1 amide bonds. The maximum absolute atomic E-state index is 12.7. The van der Waals surface area contributed by atoms with E-state index in [9.17, 15) is 4.79 Å². The molecular formula is C19H23NO3S. The van der Waals surface area contributed by atoms with Crippen LogP contribution in [0.4, 0.5) is 0 Å². The van der Waals surface area contributed by atoms with Gasteiger partial charge in [-0.15, -0.1) is 0 Å². The SMILES string of the molecule is Cc1cccc(C)c1Sc1ccc(C(=O)N2CC(C)OC(C)C2)o1. The van der Waals surface area contributed by atoms with Crippen LogP contribution in [-0.4, -0.2) is 36.1 Å². The fraction of sp³-hybridized carbons (Fsp3) is 0.421. The molecule has 1 aliphatic rings. The largest absolute Gasteiger partial charge is 0.444 e. The van der Waals surface area contributed by atoms with Crippen molar-refractivity contribution in [2.75, 3.05) is 13.1 Å². The van der Waals surface area contributed by atoms with Crippen molar-refractivity contribution >= 4 is 17.7 Å². The van der Waals surface area contributed by atoms with Crippen LogP contribution in [0.15, 0.2) is 44.7 Å². The monoisotopic (exact) mass is 345 g/mol. The molecule has 0 bridgehead atoms. The first kappa shape index (κ1) is 17.1. The van der Waals surface area contributed by atoms with Gasteiger partial charge in [0.15, 0.2) is 10.9 Å². The molecule has 5 heteroatoms. The second-order valence-electron chi connectivity index (χ2n) is 6.41. The topological polar surface area (TPSA) is 42.7 Å². The predicted molar refractivity (Wildman–Crippen MR) is 94.7 cm³/mol. The van der Waals surface area contributed by atoms with Crippen LogP contribution >= 0.6 is 11.8 Å². The first-order valence-corrected chi connectivity index (χ1v) is 9.04. The zero-order valence-electron chi connectivity index (χ0n) is 14.5. The van der Waals surface area contributed by atoms with Crippen molar-refractivity contribution in [3.05, 3.63) is 47.2 Å². The van der Waals surface area contributed by atoms with Gasteiger partial charge >= 0.3 is 0 Å². The van der Waals surface area contributed by atoms with Crippen molar-refractivity contribution in [2.45, 2.75) is 49.9 Å². The van der Waals surface area contributed by atoms with E-state index in [1.54, 1.807) is 17.8 Å². The third kappa shape index (κ3) is 3.68. The van der Waals surface area contributed by atoms with Gasteiger partial charge in [0.05, 0.1) is 12.2 Å². The molecule has 2 aromatic rings. The molecule has 0 radical (unpaired) electrons. The molecule has 1 fully saturated rings. The third-order valence-corrected chi connectivity index (χ3v) is 5.38. The van der Waals surface area contributed by atoms with Gasteiger partial charge < -0.3 is 14.1 Å². The molecule has 0 N–H and O–H groups in total. The molecule has 24 heavy (non-hydrogen) atoms. The third-order valence-electron chi connectivity index (χ3n) is 4.11. The number of hydrogen-bond acceptors (Lipinski definition) is 4. The average molecular weight is 345 g/mol. The summed E-state index contributed by atoms with van der Waals surface area (Å²) in [5.74, 6) is 0.329. The molecule has 1 aromatic carbocycles. The maximum Gasteiger partial charge on any atom is 0.289 e. The Bertz CT molecular complexity index is 710. The summed E-state index contributed by atoms with van der Waals surface area (Å²) in [6.45, 7) is 9.34. The van der Waals surface area contributed by atoms with Crippen LogP contribution < -0.4 is 0 Å². The lowest BCUT2D eigenvalue weighted by Gasteiger charge is -2.34. The zero-order chi connectivity index (χ0) is 17.3. The minimum absolute atomic E-state index is 0.0520. The van der Waals surface area contributed by atoms with Crippen LogP contribution in [0.25, 0.3) is 0 Å². The molecule has 2 unspecified atom stereocenters. The highest BCUT2D eigenvalue weighted by Gasteiger charge is 2.28. The number of aryl methyl sites for hydroxylation is 2. The van der Waals surface area contributed by atoms with Crippen molar-refractivity contribution in [3.63, 3.8) is 0 Å². The standard InChI is InChI=1S/C19H23NO3S/c1-12-6-5-7-13(2)18(12)24-17-9-8-16(23-17)19(21)20-10-14(3)22-15(4)11-20/h5-9,14-15H,10-11H2,1-4H3. The summed E-state index contributed by atoms with van der Waals surface area (Å²) in [6.07, 6.45) is 0.104. The van der Waals surface area contributed by atoms with Crippen LogP contribution in [-0.2, 0) is 4.74 Å². The molecule has 3 rings (SSSR count). The van der Waals surface area contributed by atoms with Crippen molar-refractivity contribution < 1.29 is 13.9 Å². The summed E-state index contributed by atoms with van der Waals surface area (Å²) in [7, 11) is 0. The molecule has 0 aliphatic carbocycles. The Balaban J connectivity index is 1.74. The highest BCUT2D eigenvalue weighted by atomic mass is 32.2.